The van der Waals surface area contributed by atoms with Gasteiger partial charge in [-0.25, -0.2) is 0 Å². The average molecular weight is 354 g/mol. The molecule has 1 amide bonds. The van der Waals surface area contributed by atoms with Crippen molar-refractivity contribution >= 4 is 35.0 Å². The number of para-hydroxylation sites is 1. The molecule has 0 heterocycles. The molecule has 3 aromatic rings. The van der Waals surface area contributed by atoms with Crippen molar-refractivity contribution in [1.29, 1.82) is 0 Å². The summed E-state index contributed by atoms with van der Waals surface area (Å²) >= 11 is 7.52. The van der Waals surface area contributed by atoms with E-state index in [2.05, 4.69) is 5.32 Å². The van der Waals surface area contributed by atoms with Gasteiger partial charge in [0, 0.05) is 20.4 Å². The zero-order chi connectivity index (χ0) is 16.9. The molecule has 1 N–H and O–H groups in total. The molecule has 0 spiro atoms. The van der Waals surface area contributed by atoms with Gasteiger partial charge in [0.2, 0.25) is 0 Å². The minimum absolute atomic E-state index is 0.0998. The minimum Gasteiger partial charge on any atom is -0.321 e. The number of halogens is 1. The highest BCUT2D eigenvalue weighted by molar-refractivity contribution is 7.99. The number of aryl methyl sites for hydroxylation is 1. The van der Waals surface area contributed by atoms with Crippen LogP contribution in [0.25, 0.3) is 0 Å². The second kappa shape index (κ2) is 7.56. The normalized spacial score (nSPS) is 10.4. The molecule has 120 valence electrons. The Morgan fingerprint density at radius 3 is 2.33 bits per heavy atom. The fraction of sp³-hybridized carbons (Fsp3) is 0.0500. The smallest absolute Gasteiger partial charge is 0.255 e. The summed E-state index contributed by atoms with van der Waals surface area (Å²) in [6, 6.07) is 23.0. The molecule has 0 aromatic heterocycles. The number of nitrogens with one attached hydrogen (secondary N) is 1. The fourth-order valence-electron chi connectivity index (χ4n) is 2.31. The Morgan fingerprint density at radius 2 is 1.58 bits per heavy atom. The van der Waals surface area contributed by atoms with Crippen LogP contribution < -0.4 is 5.32 Å². The van der Waals surface area contributed by atoms with E-state index >= 15 is 0 Å². The topological polar surface area (TPSA) is 29.1 Å². The SMILES string of the molecule is Cc1ccccc1C(=O)Nc1ccccc1Sc1ccc(Cl)cc1. The van der Waals surface area contributed by atoms with E-state index in [4.69, 9.17) is 11.6 Å². The summed E-state index contributed by atoms with van der Waals surface area (Å²) in [4.78, 5) is 14.6. The molecule has 0 fully saturated rings. The van der Waals surface area contributed by atoms with Crippen molar-refractivity contribution in [2.75, 3.05) is 5.32 Å². The number of rotatable bonds is 4. The van der Waals surface area contributed by atoms with Crippen LogP contribution in [0.5, 0.6) is 0 Å². The number of hydrogen-bond donors (Lipinski definition) is 1. The summed E-state index contributed by atoms with van der Waals surface area (Å²) in [6.07, 6.45) is 0. The molecule has 24 heavy (non-hydrogen) atoms. The van der Waals surface area contributed by atoms with Gasteiger partial charge in [0.05, 0.1) is 5.69 Å². The first-order valence-corrected chi connectivity index (χ1v) is 8.72. The van der Waals surface area contributed by atoms with Gasteiger partial charge in [-0.05, 0) is 55.0 Å². The van der Waals surface area contributed by atoms with E-state index in [1.165, 1.54) is 0 Å². The van der Waals surface area contributed by atoms with Gasteiger partial charge < -0.3 is 5.32 Å². The Hall–Kier alpha value is -2.23. The van der Waals surface area contributed by atoms with Crippen LogP contribution in [0, 0.1) is 6.92 Å². The lowest BCUT2D eigenvalue weighted by molar-refractivity contribution is 0.102. The van der Waals surface area contributed by atoms with Crippen LogP contribution in [0.3, 0.4) is 0 Å². The molecule has 0 atom stereocenters. The molecule has 0 saturated carbocycles. The van der Waals surface area contributed by atoms with Crippen molar-refractivity contribution in [3.63, 3.8) is 0 Å². The maximum Gasteiger partial charge on any atom is 0.255 e. The number of anilines is 1. The van der Waals surface area contributed by atoms with Crippen LogP contribution in [0.2, 0.25) is 5.02 Å². The molecular formula is C20H16ClNOS. The van der Waals surface area contributed by atoms with Crippen molar-refractivity contribution in [3.8, 4) is 0 Å². The van der Waals surface area contributed by atoms with Crippen LogP contribution in [0.15, 0.2) is 82.6 Å². The van der Waals surface area contributed by atoms with E-state index in [-0.39, 0.29) is 5.91 Å². The molecular weight excluding hydrogens is 338 g/mol. The molecule has 0 radical (unpaired) electrons. The largest absolute Gasteiger partial charge is 0.321 e. The third-order valence-electron chi connectivity index (χ3n) is 3.57. The standard InChI is InChI=1S/C20H16ClNOS/c1-14-6-2-3-7-17(14)20(23)22-18-8-4-5-9-19(18)24-16-12-10-15(21)11-13-16/h2-13H,1H3,(H,22,23). The predicted octanol–water partition coefficient (Wildman–Crippen LogP) is 6.05. The zero-order valence-corrected chi connectivity index (χ0v) is 14.7. The van der Waals surface area contributed by atoms with Gasteiger partial charge in [-0.2, -0.15) is 0 Å². The monoisotopic (exact) mass is 353 g/mol. The molecule has 0 aliphatic heterocycles. The molecule has 0 aliphatic carbocycles. The lowest BCUT2D eigenvalue weighted by Crippen LogP contribution is -2.13. The van der Waals surface area contributed by atoms with Gasteiger partial charge in [0.1, 0.15) is 0 Å². The predicted molar refractivity (Wildman–Crippen MR) is 101 cm³/mol. The van der Waals surface area contributed by atoms with Crippen LogP contribution >= 0.6 is 23.4 Å². The summed E-state index contributed by atoms with van der Waals surface area (Å²) < 4.78 is 0. The number of carbonyl (C=O) groups is 1. The third-order valence-corrected chi connectivity index (χ3v) is 4.90. The van der Waals surface area contributed by atoms with E-state index in [1.54, 1.807) is 11.8 Å². The second-order valence-electron chi connectivity index (χ2n) is 5.32. The number of benzene rings is 3. The maximum absolute atomic E-state index is 12.5. The first-order chi connectivity index (χ1) is 11.6. The zero-order valence-electron chi connectivity index (χ0n) is 13.1. The highest BCUT2D eigenvalue weighted by Crippen LogP contribution is 2.34. The van der Waals surface area contributed by atoms with Gasteiger partial charge >= 0.3 is 0 Å². The van der Waals surface area contributed by atoms with E-state index in [9.17, 15) is 4.79 Å². The third kappa shape index (κ3) is 3.99. The Labute approximate surface area is 150 Å². The van der Waals surface area contributed by atoms with Crippen molar-refractivity contribution < 1.29 is 4.79 Å². The fourth-order valence-corrected chi connectivity index (χ4v) is 3.33. The lowest BCUT2D eigenvalue weighted by atomic mass is 10.1. The summed E-state index contributed by atoms with van der Waals surface area (Å²) in [6.45, 7) is 1.93. The van der Waals surface area contributed by atoms with Crippen LogP contribution in [-0.2, 0) is 0 Å². The number of hydrogen-bond acceptors (Lipinski definition) is 2. The van der Waals surface area contributed by atoms with E-state index in [0.717, 1.165) is 21.0 Å². The molecule has 0 bridgehead atoms. The van der Waals surface area contributed by atoms with Gasteiger partial charge in [-0.15, -0.1) is 0 Å². The van der Waals surface area contributed by atoms with Crippen LogP contribution in [0.4, 0.5) is 5.69 Å². The lowest BCUT2D eigenvalue weighted by Gasteiger charge is -2.12. The molecule has 3 rings (SSSR count). The first kappa shape index (κ1) is 16.6. The maximum atomic E-state index is 12.5. The molecule has 0 aliphatic rings. The first-order valence-electron chi connectivity index (χ1n) is 7.53. The second-order valence-corrected chi connectivity index (χ2v) is 6.87. The van der Waals surface area contributed by atoms with E-state index < -0.39 is 0 Å². The van der Waals surface area contributed by atoms with Crippen LogP contribution in [0.1, 0.15) is 15.9 Å². The average Bonchev–Trinajstić information content (AvgIpc) is 2.59. The Kier molecular flexibility index (Phi) is 5.24. The molecule has 4 heteroatoms. The van der Waals surface area contributed by atoms with Gasteiger partial charge in [0.15, 0.2) is 0 Å². The van der Waals surface area contributed by atoms with Crippen molar-refractivity contribution in [2.24, 2.45) is 0 Å². The summed E-state index contributed by atoms with van der Waals surface area (Å²) in [5.74, 6) is -0.0998. The Balaban J connectivity index is 1.83. The van der Waals surface area contributed by atoms with E-state index in [0.29, 0.717) is 10.6 Å². The highest BCUT2D eigenvalue weighted by atomic mass is 35.5. The Morgan fingerprint density at radius 1 is 0.917 bits per heavy atom. The molecule has 0 unspecified atom stereocenters. The molecule has 0 saturated heterocycles. The number of carbonyl (C=O) groups excluding carboxylic acids is 1. The van der Waals surface area contributed by atoms with Gasteiger partial charge in [-0.3, -0.25) is 4.79 Å². The summed E-state index contributed by atoms with van der Waals surface area (Å²) in [7, 11) is 0. The quantitative estimate of drug-likeness (QED) is 0.618. The highest BCUT2D eigenvalue weighted by Gasteiger charge is 2.11. The molecule has 2 nitrogen and oxygen atoms in total. The van der Waals surface area contributed by atoms with Crippen molar-refractivity contribution in [2.45, 2.75) is 16.7 Å². The minimum atomic E-state index is -0.0998. The van der Waals surface area contributed by atoms with Gasteiger partial charge in [-0.1, -0.05) is 53.7 Å². The van der Waals surface area contributed by atoms with Crippen LogP contribution in [-0.4, -0.2) is 5.91 Å². The Bertz CT molecular complexity index is 862. The van der Waals surface area contributed by atoms with Crippen molar-refractivity contribution in [1.82, 2.24) is 0 Å². The van der Waals surface area contributed by atoms with Gasteiger partial charge in [0.25, 0.3) is 5.91 Å². The van der Waals surface area contributed by atoms with E-state index in [1.807, 2.05) is 79.7 Å². The number of amides is 1. The molecule has 3 aromatic carbocycles. The summed E-state index contributed by atoms with van der Waals surface area (Å²) in [5.41, 5.74) is 2.44. The summed E-state index contributed by atoms with van der Waals surface area (Å²) in [5, 5.41) is 3.72. The van der Waals surface area contributed by atoms with Crippen molar-refractivity contribution in [3.05, 3.63) is 88.9 Å².